The molecule has 0 saturated heterocycles. The van der Waals surface area contributed by atoms with Gasteiger partial charge in [-0.3, -0.25) is 0 Å². The first-order valence-corrected chi connectivity index (χ1v) is 21.7. The molecule has 0 bridgehead atoms. The van der Waals surface area contributed by atoms with E-state index in [4.69, 9.17) is 4.74 Å². The molecule has 11 aromatic carbocycles. The predicted molar refractivity (Wildman–Crippen MR) is 262 cm³/mol. The molecule has 1 aliphatic carbocycles. The van der Waals surface area contributed by atoms with Crippen LogP contribution < -0.4 is 9.64 Å². The van der Waals surface area contributed by atoms with Gasteiger partial charge in [0.2, 0.25) is 0 Å². The molecule has 11 aromatic rings. The molecule has 63 heavy (non-hydrogen) atoms. The highest BCUT2D eigenvalue weighted by atomic mass is 16.5. The minimum atomic E-state index is -0.528. The van der Waals surface area contributed by atoms with Crippen LogP contribution >= 0.6 is 0 Å². The lowest BCUT2D eigenvalue weighted by Gasteiger charge is -2.39. The fourth-order valence-corrected chi connectivity index (χ4v) is 10.8. The summed E-state index contributed by atoms with van der Waals surface area (Å²) in [5, 5.41) is 7.55. The van der Waals surface area contributed by atoms with E-state index in [2.05, 4.69) is 241 Å². The molecule has 2 aliphatic rings. The number of para-hydroxylation sites is 2. The molecule has 2 nitrogen and oxygen atoms in total. The van der Waals surface area contributed by atoms with Crippen molar-refractivity contribution in [2.75, 3.05) is 4.90 Å². The van der Waals surface area contributed by atoms with E-state index >= 15 is 0 Å². The van der Waals surface area contributed by atoms with Crippen molar-refractivity contribution >= 4 is 49.4 Å². The van der Waals surface area contributed by atoms with Crippen molar-refractivity contribution in [1.82, 2.24) is 0 Å². The molecule has 0 N–H and O–H groups in total. The van der Waals surface area contributed by atoms with Crippen molar-refractivity contribution in [2.45, 2.75) is 5.41 Å². The van der Waals surface area contributed by atoms with Crippen LogP contribution in [0.25, 0.3) is 65.7 Å². The van der Waals surface area contributed by atoms with Gasteiger partial charge in [-0.15, -0.1) is 0 Å². The topological polar surface area (TPSA) is 12.5 Å². The van der Waals surface area contributed by atoms with Crippen LogP contribution in [0.3, 0.4) is 0 Å². The highest BCUT2D eigenvalue weighted by Gasteiger charge is 2.51. The van der Waals surface area contributed by atoms with E-state index in [1.54, 1.807) is 0 Å². The van der Waals surface area contributed by atoms with Crippen molar-refractivity contribution in [3.05, 3.63) is 259 Å². The van der Waals surface area contributed by atoms with Crippen LogP contribution in [0.2, 0.25) is 0 Å². The van der Waals surface area contributed by atoms with Gasteiger partial charge in [-0.2, -0.15) is 0 Å². The van der Waals surface area contributed by atoms with E-state index in [-0.39, 0.29) is 0 Å². The zero-order valence-electron chi connectivity index (χ0n) is 34.4. The Balaban J connectivity index is 1.03. The van der Waals surface area contributed by atoms with Gasteiger partial charge >= 0.3 is 0 Å². The number of rotatable bonds is 5. The van der Waals surface area contributed by atoms with E-state index in [0.29, 0.717) is 0 Å². The van der Waals surface area contributed by atoms with Crippen molar-refractivity contribution < 1.29 is 4.74 Å². The molecule has 294 valence electrons. The quantitative estimate of drug-likeness (QED) is 0.161. The highest BCUT2D eigenvalue weighted by molar-refractivity contribution is 6.25. The third-order valence-corrected chi connectivity index (χ3v) is 13.5. The van der Waals surface area contributed by atoms with Gasteiger partial charge in [-0.25, -0.2) is 0 Å². The molecule has 0 unspecified atom stereocenters. The Bertz CT molecular complexity index is 3530. The monoisotopic (exact) mass is 801 g/mol. The Labute approximate surface area is 366 Å². The average molecular weight is 802 g/mol. The predicted octanol–water partition coefficient (Wildman–Crippen LogP) is 16.4. The number of nitrogens with zero attached hydrogens (tertiary/aromatic N) is 1. The van der Waals surface area contributed by atoms with Gasteiger partial charge < -0.3 is 9.64 Å². The van der Waals surface area contributed by atoms with Crippen molar-refractivity contribution in [1.29, 1.82) is 0 Å². The average Bonchev–Trinajstić information content (AvgIpc) is 3.64. The van der Waals surface area contributed by atoms with Gasteiger partial charge in [0.1, 0.15) is 11.5 Å². The first-order chi connectivity index (χ1) is 31.2. The van der Waals surface area contributed by atoms with E-state index in [1.165, 1.54) is 88.0 Å². The number of benzene rings is 11. The molecule has 2 heteroatoms. The maximum Gasteiger partial charge on any atom is 0.132 e. The summed E-state index contributed by atoms with van der Waals surface area (Å²) in [6.07, 6.45) is 0. The Morgan fingerprint density at radius 3 is 1.40 bits per heavy atom. The van der Waals surface area contributed by atoms with Crippen LogP contribution in [-0.2, 0) is 5.41 Å². The van der Waals surface area contributed by atoms with Crippen molar-refractivity contribution in [2.24, 2.45) is 0 Å². The van der Waals surface area contributed by atoms with Crippen LogP contribution in [0, 0.1) is 0 Å². The number of fused-ring (bicyclic) bond motifs is 15. The maximum absolute atomic E-state index is 6.63. The van der Waals surface area contributed by atoms with Crippen molar-refractivity contribution in [3.8, 4) is 44.9 Å². The summed E-state index contributed by atoms with van der Waals surface area (Å²) in [4.78, 5) is 2.44. The summed E-state index contributed by atoms with van der Waals surface area (Å²) >= 11 is 0. The number of ether oxygens (including phenoxy) is 1. The zero-order valence-corrected chi connectivity index (χ0v) is 34.4. The minimum Gasteiger partial charge on any atom is -0.457 e. The summed E-state index contributed by atoms with van der Waals surface area (Å²) in [7, 11) is 0. The summed E-state index contributed by atoms with van der Waals surface area (Å²) in [6.45, 7) is 0. The van der Waals surface area contributed by atoms with Gasteiger partial charge in [-0.05, 0) is 131 Å². The highest BCUT2D eigenvalue weighted by Crippen LogP contribution is 2.62. The Morgan fingerprint density at radius 2 is 0.730 bits per heavy atom. The second-order valence-corrected chi connectivity index (χ2v) is 16.8. The first kappa shape index (κ1) is 35.5. The molecule has 13 rings (SSSR count). The molecule has 0 radical (unpaired) electrons. The molecule has 0 aromatic heterocycles. The van der Waals surface area contributed by atoms with Gasteiger partial charge in [0.05, 0.1) is 5.41 Å². The normalized spacial score (nSPS) is 13.0. The Hall–Kier alpha value is -8.20. The van der Waals surface area contributed by atoms with E-state index in [9.17, 15) is 0 Å². The fourth-order valence-electron chi connectivity index (χ4n) is 10.8. The number of anilines is 3. The van der Waals surface area contributed by atoms with Crippen molar-refractivity contribution in [3.63, 3.8) is 0 Å². The summed E-state index contributed by atoms with van der Waals surface area (Å²) in [5.74, 6) is 1.80. The molecular formula is C61H39NO. The largest absolute Gasteiger partial charge is 0.457 e. The van der Waals surface area contributed by atoms with Crippen LogP contribution in [0.1, 0.15) is 22.3 Å². The van der Waals surface area contributed by atoms with Crippen LogP contribution in [0.15, 0.2) is 237 Å². The van der Waals surface area contributed by atoms with Gasteiger partial charge in [-0.1, -0.05) is 182 Å². The lowest BCUT2D eigenvalue weighted by Crippen LogP contribution is -2.32. The zero-order chi connectivity index (χ0) is 41.5. The number of hydrogen-bond donors (Lipinski definition) is 0. The maximum atomic E-state index is 6.63. The molecule has 0 saturated carbocycles. The second-order valence-electron chi connectivity index (χ2n) is 16.8. The first-order valence-electron chi connectivity index (χ1n) is 21.7. The molecule has 0 atom stereocenters. The number of hydrogen-bond acceptors (Lipinski definition) is 2. The summed E-state index contributed by atoms with van der Waals surface area (Å²) < 4.78 is 6.63. The minimum absolute atomic E-state index is 0.528. The third kappa shape index (κ3) is 5.32. The van der Waals surface area contributed by atoms with Crippen LogP contribution in [0.5, 0.6) is 11.5 Å². The lowest BCUT2D eigenvalue weighted by molar-refractivity contribution is 0.436. The molecule has 0 amide bonds. The van der Waals surface area contributed by atoms with Gasteiger partial charge in [0, 0.05) is 28.2 Å². The van der Waals surface area contributed by atoms with E-state index in [1.807, 2.05) is 0 Å². The van der Waals surface area contributed by atoms with E-state index < -0.39 is 5.41 Å². The van der Waals surface area contributed by atoms with Crippen LogP contribution in [-0.4, -0.2) is 0 Å². The smallest absolute Gasteiger partial charge is 0.132 e. The molecule has 1 spiro atoms. The molecule has 1 aliphatic heterocycles. The summed E-state index contributed by atoms with van der Waals surface area (Å²) in [5.41, 5.74) is 14.9. The summed E-state index contributed by atoms with van der Waals surface area (Å²) in [6, 6.07) is 86.4. The molecular weight excluding hydrogens is 763 g/mol. The third-order valence-electron chi connectivity index (χ3n) is 13.5. The van der Waals surface area contributed by atoms with Crippen LogP contribution in [0.4, 0.5) is 17.1 Å². The van der Waals surface area contributed by atoms with Gasteiger partial charge in [0.15, 0.2) is 0 Å². The fraction of sp³-hybridized carbons (Fsp3) is 0.0164. The standard InChI is InChI=1S/C61H39NO/c1-2-15-40(16-3-1)42-17-14-18-43(37-42)41-29-31-44(32-30-41)62(45-33-35-51-49-21-5-4-19-47(49)48-20-6-7-22-50(48)53(51)38-45)46-34-36-56-54(39-46)52-23-8-9-24-55(52)61(56)57-25-10-12-27-59(57)63-60-28-13-11-26-58(60)61/h1-39H. The molecule has 0 fully saturated rings. The molecule has 1 heterocycles. The Kier molecular flexibility index (Phi) is 7.85. The second kappa shape index (κ2) is 13.9. The Morgan fingerprint density at radius 1 is 0.270 bits per heavy atom. The van der Waals surface area contributed by atoms with Gasteiger partial charge in [0.25, 0.3) is 0 Å². The van der Waals surface area contributed by atoms with E-state index in [0.717, 1.165) is 28.6 Å². The SMILES string of the molecule is c1ccc(-c2cccc(-c3ccc(N(c4ccc5c(c4)-c4ccccc4C54c5ccccc5Oc5ccccc54)c4ccc5c6ccccc6c6ccccc6c5c4)cc3)c2)cc1. The lowest BCUT2D eigenvalue weighted by atomic mass is 9.66.